The Morgan fingerprint density at radius 3 is 2.67 bits per heavy atom. The van der Waals surface area contributed by atoms with Crippen LogP contribution in [0.4, 0.5) is 0 Å². The van der Waals surface area contributed by atoms with Gasteiger partial charge >= 0.3 is 0 Å². The van der Waals surface area contributed by atoms with Crippen molar-refractivity contribution in [3.05, 3.63) is 56.1 Å². The van der Waals surface area contributed by atoms with Crippen molar-refractivity contribution in [2.75, 3.05) is 0 Å². The lowest BCUT2D eigenvalue weighted by atomic mass is 10.1. The molecule has 0 spiro atoms. The lowest BCUT2D eigenvalue weighted by molar-refractivity contribution is 0.804. The van der Waals surface area contributed by atoms with E-state index >= 15 is 0 Å². The molecule has 0 radical (unpaired) electrons. The normalized spacial score (nSPS) is 10.8. The zero-order valence-corrected chi connectivity index (χ0v) is 12.5. The fraction of sp³-hybridized carbons (Fsp3) is 0. The standard InChI is InChI=1S/C12H6Cl3N5O/c13-6-1-2-9(20-5-10(14)17-19-20)7(3-6)8-4-16-18-12(21)11(8)15/h1-5H,(H,18,21). The van der Waals surface area contributed by atoms with Gasteiger partial charge in [0.25, 0.3) is 5.56 Å². The van der Waals surface area contributed by atoms with Gasteiger partial charge in [0.15, 0.2) is 5.15 Å². The molecule has 1 aromatic carbocycles. The second-order valence-electron chi connectivity index (χ2n) is 4.07. The fourth-order valence-corrected chi connectivity index (χ4v) is 2.35. The van der Waals surface area contributed by atoms with E-state index < -0.39 is 5.56 Å². The number of nitrogens with zero attached hydrogens (tertiary/aromatic N) is 4. The number of aromatic amines is 1. The van der Waals surface area contributed by atoms with Gasteiger partial charge in [0.05, 0.1) is 18.1 Å². The first-order valence-electron chi connectivity index (χ1n) is 5.67. The first-order chi connectivity index (χ1) is 10.1. The van der Waals surface area contributed by atoms with Gasteiger partial charge in [-0.15, -0.1) is 5.10 Å². The summed E-state index contributed by atoms with van der Waals surface area (Å²) < 4.78 is 1.46. The summed E-state index contributed by atoms with van der Waals surface area (Å²) in [5.41, 5.74) is 1.15. The molecule has 0 aliphatic rings. The van der Waals surface area contributed by atoms with Crippen molar-refractivity contribution >= 4 is 34.8 Å². The molecule has 0 unspecified atom stereocenters. The van der Waals surface area contributed by atoms with Crippen molar-refractivity contribution in [1.29, 1.82) is 0 Å². The van der Waals surface area contributed by atoms with Crippen LogP contribution in [0.3, 0.4) is 0 Å². The zero-order valence-electron chi connectivity index (χ0n) is 10.2. The van der Waals surface area contributed by atoms with Crippen molar-refractivity contribution in [2.24, 2.45) is 0 Å². The van der Waals surface area contributed by atoms with E-state index in [-0.39, 0.29) is 10.2 Å². The van der Waals surface area contributed by atoms with Crippen LogP contribution in [0.1, 0.15) is 0 Å². The highest BCUT2D eigenvalue weighted by atomic mass is 35.5. The molecule has 0 saturated heterocycles. The number of hydrogen-bond acceptors (Lipinski definition) is 4. The topological polar surface area (TPSA) is 76.5 Å². The molecule has 0 aliphatic heterocycles. The van der Waals surface area contributed by atoms with Crippen molar-refractivity contribution < 1.29 is 0 Å². The third-order valence-corrected chi connectivity index (χ3v) is 3.54. The molecule has 6 nitrogen and oxygen atoms in total. The number of aromatic nitrogens is 5. The van der Waals surface area contributed by atoms with E-state index in [2.05, 4.69) is 20.5 Å². The Morgan fingerprint density at radius 2 is 1.95 bits per heavy atom. The van der Waals surface area contributed by atoms with Gasteiger partial charge in [0.2, 0.25) is 0 Å². The molecule has 0 bridgehead atoms. The van der Waals surface area contributed by atoms with Crippen LogP contribution in [-0.4, -0.2) is 25.2 Å². The Bertz CT molecular complexity index is 873. The molecule has 0 atom stereocenters. The molecule has 21 heavy (non-hydrogen) atoms. The molecule has 0 aliphatic carbocycles. The summed E-state index contributed by atoms with van der Waals surface area (Å²) in [5.74, 6) is 0. The van der Waals surface area contributed by atoms with Crippen LogP contribution in [0, 0.1) is 0 Å². The van der Waals surface area contributed by atoms with E-state index in [4.69, 9.17) is 34.8 Å². The first-order valence-corrected chi connectivity index (χ1v) is 6.81. The van der Waals surface area contributed by atoms with Gasteiger partial charge in [-0.25, -0.2) is 9.78 Å². The zero-order chi connectivity index (χ0) is 15.0. The van der Waals surface area contributed by atoms with Gasteiger partial charge in [0, 0.05) is 16.1 Å². The molecular formula is C12H6Cl3N5O. The summed E-state index contributed by atoms with van der Waals surface area (Å²) in [7, 11) is 0. The smallest absolute Gasteiger partial charge is 0.266 e. The monoisotopic (exact) mass is 341 g/mol. The van der Waals surface area contributed by atoms with Gasteiger partial charge < -0.3 is 0 Å². The average molecular weight is 343 g/mol. The predicted molar refractivity (Wildman–Crippen MR) is 80.2 cm³/mol. The number of H-pyrrole nitrogens is 1. The summed E-state index contributed by atoms with van der Waals surface area (Å²) in [6, 6.07) is 5.07. The second-order valence-corrected chi connectivity index (χ2v) is 5.28. The molecular weight excluding hydrogens is 337 g/mol. The molecule has 0 fully saturated rings. The average Bonchev–Trinajstić information content (AvgIpc) is 2.88. The highest BCUT2D eigenvalue weighted by molar-refractivity contribution is 6.33. The molecule has 2 aromatic heterocycles. The Labute approximate surface area is 133 Å². The third kappa shape index (κ3) is 2.65. The van der Waals surface area contributed by atoms with Crippen LogP contribution in [0.15, 0.2) is 35.4 Å². The van der Waals surface area contributed by atoms with E-state index in [1.807, 2.05) is 0 Å². The number of hydrogen-bond donors (Lipinski definition) is 1. The third-order valence-electron chi connectivity index (χ3n) is 2.76. The Balaban J connectivity index is 2.29. The molecule has 106 valence electrons. The number of benzene rings is 1. The van der Waals surface area contributed by atoms with E-state index in [0.29, 0.717) is 21.8 Å². The van der Waals surface area contributed by atoms with E-state index in [1.54, 1.807) is 18.2 Å². The number of halogens is 3. The minimum Gasteiger partial charge on any atom is -0.266 e. The minimum absolute atomic E-state index is 0.0136. The van der Waals surface area contributed by atoms with Crippen LogP contribution in [-0.2, 0) is 0 Å². The number of nitrogens with one attached hydrogen (secondary N) is 1. The summed E-state index contributed by atoms with van der Waals surface area (Å²) in [5, 5.41) is 14.4. The SMILES string of the molecule is O=c1[nH]ncc(-c2cc(Cl)ccc2-n2cc(Cl)nn2)c1Cl. The van der Waals surface area contributed by atoms with Gasteiger partial charge in [-0.2, -0.15) is 5.10 Å². The lowest BCUT2D eigenvalue weighted by Gasteiger charge is -2.10. The van der Waals surface area contributed by atoms with Crippen LogP contribution in [0.2, 0.25) is 15.2 Å². The fourth-order valence-electron chi connectivity index (χ4n) is 1.86. The van der Waals surface area contributed by atoms with Crippen molar-refractivity contribution in [1.82, 2.24) is 25.2 Å². The first kappa shape index (κ1) is 14.1. The van der Waals surface area contributed by atoms with Gasteiger partial charge in [-0.1, -0.05) is 40.0 Å². The van der Waals surface area contributed by atoms with E-state index in [0.717, 1.165) is 0 Å². The van der Waals surface area contributed by atoms with Crippen LogP contribution in [0.25, 0.3) is 16.8 Å². The molecule has 3 rings (SSSR count). The maximum absolute atomic E-state index is 11.6. The highest BCUT2D eigenvalue weighted by Crippen LogP contribution is 2.32. The maximum Gasteiger partial charge on any atom is 0.283 e. The Hall–Kier alpha value is -1.89. The molecule has 0 saturated carbocycles. The lowest BCUT2D eigenvalue weighted by Crippen LogP contribution is -2.09. The van der Waals surface area contributed by atoms with Gasteiger partial charge in [0.1, 0.15) is 5.02 Å². The summed E-state index contributed by atoms with van der Waals surface area (Å²) in [4.78, 5) is 11.6. The van der Waals surface area contributed by atoms with Crippen LogP contribution in [0.5, 0.6) is 0 Å². The van der Waals surface area contributed by atoms with Crippen LogP contribution >= 0.6 is 34.8 Å². The van der Waals surface area contributed by atoms with Crippen molar-refractivity contribution in [3.63, 3.8) is 0 Å². The molecule has 3 aromatic rings. The predicted octanol–water partition coefficient (Wildman–Crippen LogP) is 2.98. The second kappa shape index (κ2) is 5.48. The largest absolute Gasteiger partial charge is 0.283 e. The molecule has 9 heteroatoms. The number of rotatable bonds is 2. The maximum atomic E-state index is 11.6. The van der Waals surface area contributed by atoms with E-state index in [1.165, 1.54) is 17.1 Å². The van der Waals surface area contributed by atoms with Gasteiger partial charge in [-0.05, 0) is 18.2 Å². The minimum atomic E-state index is -0.489. The Morgan fingerprint density at radius 1 is 1.14 bits per heavy atom. The molecule has 1 N–H and O–H groups in total. The quantitative estimate of drug-likeness (QED) is 0.777. The van der Waals surface area contributed by atoms with Crippen LogP contribution < -0.4 is 5.56 Å². The highest BCUT2D eigenvalue weighted by Gasteiger charge is 2.15. The Kier molecular flexibility index (Phi) is 3.67. The summed E-state index contributed by atoms with van der Waals surface area (Å²) in [6.07, 6.45) is 2.97. The molecule has 2 heterocycles. The van der Waals surface area contributed by atoms with Crippen molar-refractivity contribution in [3.8, 4) is 16.8 Å². The van der Waals surface area contributed by atoms with E-state index in [9.17, 15) is 4.79 Å². The van der Waals surface area contributed by atoms with Crippen molar-refractivity contribution in [2.45, 2.75) is 0 Å². The summed E-state index contributed by atoms with van der Waals surface area (Å²) >= 11 is 17.9. The summed E-state index contributed by atoms with van der Waals surface area (Å²) in [6.45, 7) is 0. The van der Waals surface area contributed by atoms with Gasteiger partial charge in [-0.3, -0.25) is 4.79 Å². The molecule has 0 amide bonds.